The lowest BCUT2D eigenvalue weighted by Crippen LogP contribution is -2.28. The number of rotatable bonds is 6. The van der Waals surface area contributed by atoms with E-state index in [4.69, 9.17) is 4.74 Å². The van der Waals surface area contributed by atoms with E-state index in [9.17, 15) is 4.79 Å². The van der Waals surface area contributed by atoms with Crippen molar-refractivity contribution in [2.24, 2.45) is 0 Å². The van der Waals surface area contributed by atoms with Crippen molar-refractivity contribution in [3.05, 3.63) is 54.1 Å². The van der Waals surface area contributed by atoms with Crippen molar-refractivity contribution in [2.75, 3.05) is 6.61 Å². The fourth-order valence-corrected chi connectivity index (χ4v) is 2.02. The second kappa shape index (κ2) is 6.35. The monoisotopic (exact) mass is 283 g/mol. The molecule has 1 aromatic carbocycles. The molecule has 1 aliphatic carbocycles. The van der Waals surface area contributed by atoms with Gasteiger partial charge in [0.1, 0.15) is 12.1 Å². The van der Waals surface area contributed by atoms with Crippen LogP contribution in [0.4, 0.5) is 0 Å². The van der Waals surface area contributed by atoms with Crippen molar-refractivity contribution >= 4 is 5.91 Å². The van der Waals surface area contributed by atoms with Crippen molar-refractivity contribution in [3.63, 3.8) is 0 Å². The zero-order valence-corrected chi connectivity index (χ0v) is 11.7. The molecule has 1 aliphatic rings. The van der Waals surface area contributed by atoms with E-state index in [-0.39, 0.29) is 12.5 Å². The molecule has 0 aliphatic heterocycles. The average Bonchev–Trinajstić information content (AvgIpc) is 3.37. The highest BCUT2D eigenvalue weighted by Crippen LogP contribution is 2.38. The van der Waals surface area contributed by atoms with E-state index in [1.165, 1.54) is 12.8 Å². The summed E-state index contributed by atoms with van der Waals surface area (Å²) < 4.78 is 5.38. The van der Waals surface area contributed by atoms with Gasteiger partial charge in [0.15, 0.2) is 6.61 Å². The molecule has 1 N–H and O–H groups in total. The van der Waals surface area contributed by atoms with Gasteiger partial charge in [0.25, 0.3) is 5.91 Å². The van der Waals surface area contributed by atoms with Gasteiger partial charge in [-0.1, -0.05) is 18.2 Å². The highest BCUT2D eigenvalue weighted by atomic mass is 16.5. The molecular formula is C16H17N3O2. The Balaban J connectivity index is 1.46. The normalized spacial score (nSPS) is 13.7. The van der Waals surface area contributed by atoms with Crippen molar-refractivity contribution in [1.29, 1.82) is 0 Å². The van der Waals surface area contributed by atoms with Crippen LogP contribution in [0.15, 0.2) is 42.7 Å². The summed E-state index contributed by atoms with van der Waals surface area (Å²) in [4.78, 5) is 20.2. The van der Waals surface area contributed by atoms with Crippen molar-refractivity contribution in [2.45, 2.75) is 25.3 Å². The predicted octanol–water partition coefficient (Wildman–Crippen LogP) is 2.05. The SMILES string of the molecule is O=C(COc1ccccc1)NCc1cc(C2CC2)ncn1. The average molecular weight is 283 g/mol. The van der Waals surface area contributed by atoms with Crippen LogP contribution in [0, 0.1) is 0 Å². The Bertz CT molecular complexity index is 612. The molecule has 5 nitrogen and oxygen atoms in total. The summed E-state index contributed by atoms with van der Waals surface area (Å²) in [5.41, 5.74) is 1.91. The van der Waals surface area contributed by atoms with E-state index in [0.717, 1.165) is 11.4 Å². The summed E-state index contributed by atoms with van der Waals surface area (Å²) in [6.07, 6.45) is 3.97. The van der Waals surface area contributed by atoms with Crippen LogP contribution in [-0.2, 0) is 11.3 Å². The van der Waals surface area contributed by atoms with Crippen LogP contribution >= 0.6 is 0 Å². The Labute approximate surface area is 123 Å². The van der Waals surface area contributed by atoms with Gasteiger partial charge in [-0.15, -0.1) is 0 Å². The third-order valence-electron chi connectivity index (χ3n) is 3.32. The molecule has 1 fully saturated rings. The third kappa shape index (κ3) is 4.02. The topological polar surface area (TPSA) is 64.1 Å². The quantitative estimate of drug-likeness (QED) is 0.881. The summed E-state index contributed by atoms with van der Waals surface area (Å²) in [5, 5.41) is 2.80. The number of ether oxygens (including phenoxy) is 1. The largest absolute Gasteiger partial charge is 0.484 e. The predicted molar refractivity (Wildman–Crippen MR) is 77.8 cm³/mol. The van der Waals surface area contributed by atoms with Crippen molar-refractivity contribution < 1.29 is 9.53 Å². The first-order valence-corrected chi connectivity index (χ1v) is 7.06. The molecule has 0 radical (unpaired) electrons. The summed E-state index contributed by atoms with van der Waals surface area (Å²) in [7, 11) is 0. The molecule has 108 valence electrons. The fraction of sp³-hybridized carbons (Fsp3) is 0.312. The zero-order chi connectivity index (χ0) is 14.5. The lowest BCUT2D eigenvalue weighted by molar-refractivity contribution is -0.123. The van der Waals surface area contributed by atoms with Crippen LogP contribution in [-0.4, -0.2) is 22.5 Å². The highest BCUT2D eigenvalue weighted by Gasteiger charge is 2.25. The van der Waals surface area contributed by atoms with Crippen LogP contribution in [0.3, 0.4) is 0 Å². The van der Waals surface area contributed by atoms with Gasteiger partial charge in [-0.25, -0.2) is 9.97 Å². The molecule has 1 heterocycles. The maximum absolute atomic E-state index is 11.7. The number of amides is 1. The number of carbonyl (C=O) groups excluding carboxylic acids is 1. The molecule has 0 unspecified atom stereocenters. The molecule has 0 atom stereocenters. The summed E-state index contributed by atoms with van der Waals surface area (Å²) in [5.74, 6) is 1.11. The number of hydrogen-bond acceptors (Lipinski definition) is 4. The van der Waals surface area contributed by atoms with Gasteiger partial charge in [0.05, 0.1) is 12.2 Å². The molecule has 1 amide bonds. The summed E-state index contributed by atoms with van der Waals surface area (Å²) >= 11 is 0. The van der Waals surface area contributed by atoms with E-state index in [0.29, 0.717) is 18.2 Å². The minimum Gasteiger partial charge on any atom is -0.484 e. The Hall–Kier alpha value is -2.43. The van der Waals surface area contributed by atoms with Gasteiger partial charge in [0, 0.05) is 11.6 Å². The summed E-state index contributed by atoms with van der Waals surface area (Å²) in [6.45, 7) is 0.407. The lowest BCUT2D eigenvalue weighted by Gasteiger charge is -2.07. The second-order valence-corrected chi connectivity index (χ2v) is 5.09. The molecule has 0 spiro atoms. The van der Waals surface area contributed by atoms with Gasteiger partial charge in [-0.05, 0) is 31.0 Å². The zero-order valence-electron chi connectivity index (χ0n) is 11.7. The molecule has 5 heteroatoms. The lowest BCUT2D eigenvalue weighted by atomic mass is 10.2. The molecule has 1 aromatic heterocycles. The Morgan fingerprint density at radius 2 is 2.05 bits per heavy atom. The minimum absolute atomic E-state index is 0.00454. The maximum atomic E-state index is 11.7. The molecule has 0 saturated heterocycles. The first-order chi connectivity index (χ1) is 10.3. The number of aromatic nitrogens is 2. The number of nitrogens with zero attached hydrogens (tertiary/aromatic N) is 2. The van der Waals surface area contributed by atoms with Gasteiger partial charge in [0.2, 0.25) is 0 Å². The number of benzene rings is 1. The van der Waals surface area contributed by atoms with E-state index in [1.54, 1.807) is 6.33 Å². The number of carbonyl (C=O) groups is 1. The molecular weight excluding hydrogens is 266 g/mol. The summed E-state index contributed by atoms with van der Waals surface area (Å²) in [6, 6.07) is 11.2. The van der Waals surface area contributed by atoms with Crippen LogP contribution in [0.1, 0.15) is 30.1 Å². The third-order valence-corrected chi connectivity index (χ3v) is 3.32. The minimum atomic E-state index is -0.162. The van der Waals surface area contributed by atoms with E-state index >= 15 is 0 Å². The van der Waals surface area contributed by atoms with Crippen molar-refractivity contribution in [1.82, 2.24) is 15.3 Å². The van der Waals surface area contributed by atoms with Gasteiger partial charge in [-0.2, -0.15) is 0 Å². The number of nitrogens with one attached hydrogen (secondary N) is 1. The van der Waals surface area contributed by atoms with E-state index in [2.05, 4.69) is 15.3 Å². The van der Waals surface area contributed by atoms with E-state index < -0.39 is 0 Å². The fourth-order valence-electron chi connectivity index (χ4n) is 2.02. The first-order valence-electron chi connectivity index (χ1n) is 7.06. The number of hydrogen-bond donors (Lipinski definition) is 1. The van der Waals surface area contributed by atoms with Crippen molar-refractivity contribution in [3.8, 4) is 5.75 Å². The van der Waals surface area contributed by atoms with Gasteiger partial charge < -0.3 is 10.1 Å². The number of para-hydroxylation sites is 1. The van der Waals surface area contributed by atoms with Gasteiger partial charge >= 0.3 is 0 Å². The van der Waals surface area contributed by atoms with Gasteiger partial charge in [-0.3, -0.25) is 4.79 Å². The van der Waals surface area contributed by atoms with Crippen LogP contribution < -0.4 is 10.1 Å². The molecule has 0 bridgehead atoms. The maximum Gasteiger partial charge on any atom is 0.258 e. The second-order valence-electron chi connectivity index (χ2n) is 5.09. The van der Waals surface area contributed by atoms with E-state index in [1.807, 2.05) is 36.4 Å². The standard InChI is InChI=1S/C16H17N3O2/c20-16(10-21-14-4-2-1-3-5-14)17-9-13-8-15(12-6-7-12)19-11-18-13/h1-5,8,11-12H,6-7,9-10H2,(H,17,20). The van der Waals surface area contributed by atoms with Crippen LogP contribution in [0.25, 0.3) is 0 Å². The Morgan fingerprint density at radius 3 is 2.81 bits per heavy atom. The molecule has 3 rings (SSSR count). The molecule has 2 aromatic rings. The highest BCUT2D eigenvalue weighted by molar-refractivity contribution is 5.77. The molecule has 1 saturated carbocycles. The first kappa shape index (κ1) is 13.5. The smallest absolute Gasteiger partial charge is 0.258 e. The molecule has 21 heavy (non-hydrogen) atoms. The van der Waals surface area contributed by atoms with Crippen LogP contribution in [0.5, 0.6) is 5.75 Å². The Morgan fingerprint density at radius 1 is 1.24 bits per heavy atom. The Kier molecular flexibility index (Phi) is 4.09. The van der Waals surface area contributed by atoms with Crippen LogP contribution in [0.2, 0.25) is 0 Å².